The number of piperazine rings is 1. The van der Waals surface area contributed by atoms with Crippen molar-refractivity contribution in [3.05, 3.63) is 23.9 Å². The molecule has 5 nitrogen and oxygen atoms in total. The molecule has 1 saturated heterocycles. The number of pyridine rings is 1. The molecule has 1 aromatic rings. The number of carbonyl (C=O) groups is 1. The Morgan fingerprint density at radius 2 is 2.32 bits per heavy atom. The van der Waals surface area contributed by atoms with Crippen LogP contribution in [0.4, 0.5) is 5.82 Å². The Balaban J connectivity index is 2.15. The first-order valence-corrected chi connectivity index (χ1v) is 6.82. The van der Waals surface area contributed by atoms with Gasteiger partial charge in [0, 0.05) is 38.4 Å². The molecule has 0 spiro atoms. The van der Waals surface area contributed by atoms with Crippen LogP contribution >= 0.6 is 0 Å². The maximum atomic E-state index is 12.6. The van der Waals surface area contributed by atoms with Crippen molar-refractivity contribution in [2.45, 2.75) is 19.9 Å². The average Bonchev–Trinajstić information content (AvgIpc) is 2.42. The van der Waals surface area contributed by atoms with Gasteiger partial charge in [-0.25, -0.2) is 4.98 Å². The highest BCUT2D eigenvalue weighted by Crippen LogP contribution is 2.16. The molecule has 1 N–H and O–H groups in total. The zero-order chi connectivity index (χ0) is 13.8. The second kappa shape index (κ2) is 6.02. The molecule has 5 heteroatoms. The second-order valence-electron chi connectivity index (χ2n) is 5.01. The maximum Gasteiger partial charge on any atom is 0.257 e. The lowest BCUT2D eigenvalue weighted by Gasteiger charge is -2.37. The van der Waals surface area contributed by atoms with Crippen LogP contribution < -0.4 is 5.32 Å². The number of hydrogen-bond acceptors (Lipinski definition) is 4. The molecule has 104 valence electrons. The van der Waals surface area contributed by atoms with Crippen molar-refractivity contribution >= 4 is 11.7 Å². The van der Waals surface area contributed by atoms with Gasteiger partial charge in [-0.05, 0) is 33.0 Å². The van der Waals surface area contributed by atoms with Crippen molar-refractivity contribution in [1.29, 1.82) is 0 Å². The third-order valence-electron chi connectivity index (χ3n) is 3.63. The number of carbonyl (C=O) groups excluding carboxylic acids is 1. The van der Waals surface area contributed by atoms with Gasteiger partial charge in [-0.15, -0.1) is 0 Å². The van der Waals surface area contributed by atoms with E-state index in [0.717, 1.165) is 26.2 Å². The van der Waals surface area contributed by atoms with E-state index in [1.54, 1.807) is 6.20 Å². The van der Waals surface area contributed by atoms with E-state index >= 15 is 0 Å². The van der Waals surface area contributed by atoms with Crippen molar-refractivity contribution < 1.29 is 4.79 Å². The molecule has 0 saturated carbocycles. The van der Waals surface area contributed by atoms with E-state index in [1.165, 1.54) is 0 Å². The summed E-state index contributed by atoms with van der Waals surface area (Å²) in [6.45, 7) is 7.38. The van der Waals surface area contributed by atoms with E-state index in [2.05, 4.69) is 29.2 Å². The Morgan fingerprint density at radius 1 is 1.53 bits per heavy atom. The van der Waals surface area contributed by atoms with Gasteiger partial charge in [0.15, 0.2) is 0 Å². The van der Waals surface area contributed by atoms with Crippen LogP contribution in [-0.4, -0.2) is 60.0 Å². The number of aromatic nitrogens is 1. The Kier molecular flexibility index (Phi) is 4.37. The molecule has 1 unspecified atom stereocenters. The molecule has 1 amide bonds. The van der Waals surface area contributed by atoms with Crippen molar-refractivity contribution in [3.63, 3.8) is 0 Å². The van der Waals surface area contributed by atoms with E-state index in [-0.39, 0.29) is 5.91 Å². The summed E-state index contributed by atoms with van der Waals surface area (Å²) < 4.78 is 0. The number of likely N-dealkylation sites (N-methyl/N-ethyl adjacent to an activating group) is 1. The Hall–Kier alpha value is -1.62. The number of nitrogens with zero attached hydrogens (tertiary/aromatic N) is 3. The zero-order valence-electron chi connectivity index (χ0n) is 11.9. The van der Waals surface area contributed by atoms with Gasteiger partial charge < -0.3 is 15.1 Å². The maximum absolute atomic E-state index is 12.6. The summed E-state index contributed by atoms with van der Waals surface area (Å²) >= 11 is 0. The van der Waals surface area contributed by atoms with Gasteiger partial charge in [-0.2, -0.15) is 0 Å². The molecule has 1 aliphatic rings. The lowest BCUT2D eigenvalue weighted by molar-refractivity contribution is 0.0573. The molecule has 0 aliphatic carbocycles. The molecule has 2 rings (SSSR count). The van der Waals surface area contributed by atoms with E-state index in [1.807, 2.05) is 24.0 Å². The summed E-state index contributed by atoms with van der Waals surface area (Å²) in [6, 6.07) is 4.06. The van der Waals surface area contributed by atoms with E-state index in [4.69, 9.17) is 0 Å². The van der Waals surface area contributed by atoms with Crippen LogP contribution in [0.15, 0.2) is 18.3 Å². The molecule has 1 aromatic heterocycles. The van der Waals surface area contributed by atoms with Crippen molar-refractivity contribution in [3.8, 4) is 0 Å². The minimum absolute atomic E-state index is 0.0731. The quantitative estimate of drug-likeness (QED) is 0.891. The number of amides is 1. The minimum atomic E-state index is 0.0731. The van der Waals surface area contributed by atoms with Crippen molar-refractivity contribution in [1.82, 2.24) is 14.8 Å². The van der Waals surface area contributed by atoms with Gasteiger partial charge in [-0.3, -0.25) is 4.79 Å². The van der Waals surface area contributed by atoms with Crippen molar-refractivity contribution in [2.75, 3.05) is 38.5 Å². The minimum Gasteiger partial charge on any atom is -0.370 e. The van der Waals surface area contributed by atoms with Crippen LogP contribution in [0.2, 0.25) is 0 Å². The van der Waals surface area contributed by atoms with E-state index in [9.17, 15) is 4.79 Å². The summed E-state index contributed by atoms with van der Waals surface area (Å²) in [5.41, 5.74) is 0.668. The topological polar surface area (TPSA) is 48.5 Å². The summed E-state index contributed by atoms with van der Waals surface area (Å²) in [7, 11) is 2.10. The first-order chi connectivity index (χ1) is 9.13. The highest BCUT2D eigenvalue weighted by molar-refractivity contribution is 5.98. The fourth-order valence-corrected chi connectivity index (χ4v) is 2.29. The van der Waals surface area contributed by atoms with E-state index in [0.29, 0.717) is 17.4 Å². The second-order valence-corrected chi connectivity index (χ2v) is 5.01. The number of rotatable bonds is 3. The smallest absolute Gasteiger partial charge is 0.257 e. The first-order valence-electron chi connectivity index (χ1n) is 6.82. The van der Waals surface area contributed by atoms with Crippen LogP contribution in [0, 0.1) is 0 Å². The Bertz CT molecular complexity index is 449. The summed E-state index contributed by atoms with van der Waals surface area (Å²) in [5.74, 6) is 0.755. The molecular weight excluding hydrogens is 240 g/mol. The Labute approximate surface area is 114 Å². The van der Waals surface area contributed by atoms with Crippen LogP contribution in [0.3, 0.4) is 0 Å². The molecule has 0 bridgehead atoms. The van der Waals surface area contributed by atoms with Gasteiger partial charge >= 0.3 is 0 Å². The molecule has 2 heterocycles. The normalized spacial score (nSPS) is 20.4. The largest absolute Gasteiger partial charge is 0.370 e. The highest BCUT2D eigenvalue weighted by atomic mass is 16.2. The summed E-state index contributed by atoms with van der Waals surface area (Å²) in [5, 5.41) is 3.15. The predicted octanol–water partition coefficient (Wildman–Crippen LogP) is 1.29. The number of nitrogens with one attached hydrogen (secondary N) is 1. The third kappa shape index (κ3) is 3.04. The van der Waals surface area contributed by atoms with Crippen LogP contribution in [-0.2, 0) is 0 Å². The molecule has 1 aliphatic heterocycles. The van der Waals surface area contributed by atoms with Crippen LogP contribution in [0.5, 0.6) is 0 Å². The fraction of sp³-hybridized carbons (Fsp3) is 0.571. The Morgan fingerprint density at radius 3 is 3.00 bits per heavy atom. The van der Waals surface area contributed by atoms with Crippen LogP contribution in [0.25, 0.3) is 0 Å². The number of hydrogen-bond donors (Lipinski definition) is 1. The van der Waals surface area contributed by atoms with Gasteiger partial charge in [-0.1, -0.05) is 0 Å². The zero-order valence-corrected chi connectivity index (χ0v) is 11.9. The first kappa shape index (κ1) is 13.8. The monoisotopic (exact) mass is 262 g/mol. The van der Waals surface area contributed by atoms with E-state index < -0.39 is 0 Å². The van der Waals surface area contributed by atoms with Gasteiger partial charge in [0.1, 0.15) is 5.82 Å². The average molecular weight is 262 g/mol. The summed E-state index contributed by atoms with van der Waals surface area (Å²) in [6.07, 6.45) is 1.71. The fourth-order valence-electron chi connectivity index (χ4n) is 2.29. The predicted molar refractivity (Wildman–Crippen MR) is 76.4 cm³/mol. The molecule has 1 atom stereocenters. The molecule has 0 aromatic carbocycles. The molecule has 1 fully saturated rings. The third-order valence-corrected chi connectivity index (χ3v) is 3.63. The lowest BCUT2D eigenvalue weighted by Crippen LogP contribution is -2.52. The van der Waals surface area contributed by atoms with Gasteiger partial charge in [0.25, 0.3) is 5.91 Å². The highest BCUT2D eigenvalue weighted by Gasteiger charge is 2.26. The SMILES string of the molecule is CCNc1ncccc1C(=O)N1CCN(C)C(C)C1. The number of anilines is 1. The molecule has 0 radical (unpaired) electrons. The molecular formula is C14H22N4O. The van der Waals surface area contributed by atoms with Gasteiger partial charge in [0.05, 0.1) is 5.56 Å². The van der Waals surface area contributed by atoms with Crippen LogP contribution in [0.1, 0.15) is 24.2 Å². The molecule has 19 heavy (non-hydrogen) atoms. The lowest BCUT2D eigenvalue weighted by atomic mass is 10.1. The summed E-state index contributed by atoms with van der Waals surface area (Å²) in [4.78, 5) is 21.0. The van der Waals surface area contributed by atoms with Crippen molar-refractivity contribution in [2.24, 2.45) is 0 Å². The standard InChI is InChI=1S/C14H22N4O/c1-4-15-13-12(6-5-7-16-13)14(19)18-9-8-17(3)11(2)10-18/h5-7,11H,4,8-10H2,1-3H3,(H,15,16). The van der Waals surface area contributed by atoms with Gasteiger partial charge in [0.2, 0.25) is 0 Å².